The molecule has 19 heavy (non-hydrogen) atoms. The van der Waals surface area contributed by atoms with E-state index in [4.69, 9.17) is 15.4 Å². The first-order chi connectivity index (χ1) is 8.89. The van der Waals surface area contributed by atoms with Gasteiger partial charge in [-0.15, -0.1) is 10.2 Å². The minimum atomic E-state index is -3.88. The molecule has 0 bridgehead atoms. The molecule has 2 rings (SSSR count). The SMILES string of the molecule is CC(C)Cn1c(C2CCCOC2)nnc1S(=O)(=O)Cl. The Labute approximate surface area is 117 Å². The molecule has 108 valence electrons. The number of aromatic nitrogens is 3. The van der Waals surface area contributed by atoms with Crippen LogP contribution in [0.15, 0.2) is 5.16 Å². The predicted octanol–water partition coefficient (Wildman–Crippen LogP) is 1.76. The second-order valence-corrected chi connectivity index (χ2v) is 7.66. The van der Waals surface area contributed by atoms with Gasteiger partial charge in [-0.2, -0.15) is 0 Å². The largest absolute Gasteiger partial charge is 0.381 e. The summed E-state index contributed by atoms with van der Waals surface area (Å²) >= 11 is 0. The van der Waals surface area contributed by atoms with Crippen LogP contribution in [-0.4, -0.2) is 36.4 Å². The van der Waals surface area contributed by atoms with Crippen LogP contribution in [0.25, 0.3) is 0 Å². The van der Waals surface area contributed by atoms with Crippen LogP contribution >= 0.6 is 10.7 Å². The normalized spacial score (nSPS) is 20.9. The average molecular weight is 308 g/mol. The van der Waals surface area contributed by atoms with Crippen LogP contribution < -0.4 is 0 Å². The molecule has 0 aromatic carbocycles. The van der Waals surface area contributed by atoms with Crippen molar-refractivity contribution in [1.29, 1.82) is 0 Å². The van der Waals surface area contributed by atoms with Gasteiger partial charge in [-0.3, -0.25) is 0 Å². The summed E-state index contributed by atoms with van der Waals surface area (Å²) in [6, 6.07) is 0. The number of ether oxygens (including phenoxy) is 1. The molecule has 2 heterocycles. The molecule has 1 saturated heterocycles. The van der Waals surface area contributed by atoms with E-state index < -0.39 is 9.05 Å². The Morgan fingerprint density at radius 1 is 1.47 bits per heavy atom. The topological polar surface area (TPSA) is 74.1 Å². The second-order valence-electron chi connectivity index (χ2n) is 5.20. The Kier molecular flexibility index (Phi) is 4.47. The fraction of sp³-hybridized carbons (Fsp3) is 0.818. The zero-order valence-electron chi connectivity index (χ0n) is 11.0. The summed E-state index contributed by atoms with van der Waals surface area (Å²) < 4.78 is 30.1. The Hall–Kier alpha value is -0.660. The quantitative estimate of drug-likeness (QED) is 0.792. The minimum absolute atomic E-state index is 0.0900. The van der Waals surface area contributed by atoms with Crippen LogP contribution in [0.4, 0.5) is 0 Å². The Balaban J connectivity index is 2.40. The molecule has 0 spiro atoms. The first-order valence-electron chi connectivity index (χ1n) is 6.35. The van der Waals surface area contributed by atoms with Crippen molar-refractivity contribution < 1.29 is 13.2 Å². The highest BCUT2D eigenvalue weighted by Crippen LogP contribution is 2.27. The van der Waals surface area contributed by atoms with Gasteiger partial charge in [-0.05, 0) is 18.8 Å². The third kappa shape index (κ3) is 3.46. The summed E-state index contributed by atoms with van der Waals surface area (Å²) in [4.78, 5) is 0. The van der Waals surface area contributed by atoms with Crippen LogP contribution in [0, 0.1) is 5.92 Å². The lowest BCUT2D eigenvalue weighted by Crippen LogP contribution is -2.21. The number of rotatable bonds is 4. The first kappa shape index (κ1) is 14.7. The van der Waals surface area contributed by atoms with Crippen LogP contribution in [0.5, 0.6) is 0 Å². The summed E-state index contributed by atoms with van der Waals surface area (Å²) in [5.41, 5.74) is 0. The number of hydrogen-bond acceptors (Lipinski definition) is 5. The average Bonchev–Trinajstić information content (AvgIpc) is 2.72. The van der Waals surface area contributed by atoms with Gasteiger partial charge in [0.15, 0.2) is 0 Å². The van der Waals surface area contributed by atoms with E-state index in [0.717, 1.165) is 19.4 Å². The summed E-state index contributed by atoms with van der Waals surface area (Å²) in [6.45, 7) is 5.84. The van der Waals surface area contributed by atoms with Crippen molar-refractivity contribution in [1.82, 2.24) is 14.8 Å². The summed E-state index contributed by atoms with van der Waals surface area (Å²) in [6.07, 6.45) is 1.88. The highest BCUT2D eigenvalue weighted by atomic mass is 35.7. The van der Waals surface area contributed by atoms with Crippen LogP contribution in [0.1, 0.15) is 38.4 Å². The molecule has 1 aliphatic rings. The molecule has 6 nitrogen and oxygen atoms in total. The lowest BCUT2D eigenvalue weighted by Gasteiger charge is -2.22. The molecule has 0 aliphatic carbocycles. The third-order valence-corrected chi connectivity index (χ3v) is 4.19. The maximum absolute atomic E-state index is 11.5. The minimum Gasteiger partial charge on any atom is -0.381 e. The van der Waals surface area contributed by atoms with Gasteiger partial charge in [0.05, 0.1) is 6.61 Å². The van der Waals surface area contributed by atoms with Gasteiger partial charge in [-0.1, -0.05) is 13.8 Å². The van der Waals surface area contributed by atoms with E-state index in [9.17, 15) is 8.42 Å². The van der Waals surface area contributed by atoms with Gasteiger partial charge >= 0.3 is 0 Å². The first-order valence-corrected chi connectivity index (χ1v) is 8.66. The molecule has 0 amide bonds. The van der Waals surface area contributed by atoms with Crippen molar-refractivity contribution in [3.8, 4) is 0 Å². The van der Waals surface area contributed by atoms with E-state index in [0.29, 0.717) is 19.0 Å². The van der Waals surface area contributed by atoms with Crippen LogP contribution in [-0.2, 0) is 20.3 Å². The highest BCUT2D eigenvalue weighted by Gasteiger charge is 2.28. The molecule has 8 heteroatoms. The molecule has 0 saturated carbocycles. The van der Waals surface area contributed by atoms with E-state index in [-0.39, 0.29) is 17.0 Å². The van der Waals surface area contributed by atoms with Crippen LogP contribution in [0.2, 0.25) is 0 Å². The van der Waals surface area contributed by atoms with Gasteiger partial charge in [0.25, 0.3) is 14.2 Å². The second kappa shape index (κ2) is 5.76. The van der Waals surface area contributed by atoms with Gasteiger partial charge < -0.3 is 9.30 Å². The maximum atomic E-state index is 11.5. The summed E-state index contributed by atoms with van der Waals surface area (Å²) in [5, 5.41) is 7.62. The lowest BCUT2D eigenvalue weighted by atomic mass is 10.0. The monoisotopic (exact) mass is 307 g/mol. The van der Waals surface area contributed by atoms with Crippen molar-refractivity contribution in [3.05, 3.63) is 5.82 Å². The van der Waals surface area contributed by atoms with Crippen molar-refractivity contribution in [2.24, 2.45) is 5.92 Å². The van der Waals surface area contributed by atoms with Gasteiger partial charge in [-0.25, -0.2) is 8.42 Å². The van der Waals surface area contributed by atoms with E-state index in [2.05, 4.69) is 10.2 Å². The molecule has 1 aromatic heterocycles. The fourth-order valence-electron chi connectivity index (χ4n) is 2.26. The standard InChI is InChI=1S/C11H18ClN3O3S/c1-8(2)6-15-10(9-4-3-5-18-7-9)13-14-11(15)19(12,16)17/h8-9H,3-7H2,1-2H3. The molecular weight excluding hydrogens is 290 g/mol. The summed E-state index contributed by atoms with van der Waals surface area (Å²) in [5.74, 6) is 1.02. The van der Waals surface area contributed by atoms with Crippen molar-refractivity contribution in [2.45, 2.75) is 44.3 Å². The Morgan fingerprint density at radius 2 is 2.21 bits per heavy atom. The number of hydrogen-bond donors (Lipinski definition) is 0. The number of halogens is 1. The zero-order chi connectivity index (χ0) is 14.0. The predicted molar refractivity (Wildman–Crippen MR) is 70.7 cm³/mol. The highest BCUT2D eigenvalue weighted by molar-refractivity contribution is 8.13. The fourth-order valence-corrected chi connectivity index (χ4v) is 3.18. The van der Waals surface area contributed by atoms with Gasteiger partial charge in [0.1, 0.15) is 5.82 Å². The molecule has 0 N–H and O–H groups in total. The maximum Gasteiger partial charge on any atom is 0.296 e. The summed E-state index contributed by atoms with van der Waals surface area (Å²) in [7, 11) is 1.54. The molecule has 1 atom stereocenters. The Morgan fingerprint density at radius 3 is 2.74 bits per heavy atom. The number of nitrogens with zero attached hydrogens (tertiary/aromatic N) is 3. The lowest BCUT2D eigenvalue weighted by molar-refractivity contribution is 0.0765. The smallest absolute Gasteiger partial charge is 0.296 e. The van der Waals surface area contributed by atoms with E-state index >= 15 is 0 Å². The molecule has 1 unspecified atom stereocenters. The van der Waals surface area contributed by atoms with E-state index in [1.807, 2.05) is 13.8 Å². The molecule has 1 aliphatic heterocycles. The van der Waals surface area contributed by atoms with Crippen molar-refractivity contribution in [3.63, 3.8) is 0 Å². The van der Waals surface area contributed by atoms with Gasteiger partial charge in [0, 0.05) is 29.8 Å². The van der Waals surface area contributed by atoms with Crippen molar-refractivity contribution in [2.75, 3.05) is 13.2 Å². The molecule has 0 radical (unpaired) electrons. The molecular formula is C11H18ClN3O3S. The van der Waals surface area contributed by atoms with Gasteiger partial charge in [0.2, 0.25) is 0 Å². The third-order valence-electron chi connectivity index (χ3n) is 3.04. The Bertz CT molecular complexity index is 535. The van der Waals surface area contributed by atoms with Crippen LogP contribution in [0.3, 0.4) is 0 Å². The van der Waals surface area contributed by atoms with E-state index in [1.165, 1.54) is 0 Å². The van der Waals surface area contributed by atoms with Crippen molar-refractivity contribution >= 4 is 19.7 Å². The zero-order valence-corrected chi connectivity index (χ0v) is 12.6. The molecule has 1 fully saturated rings. The van der Waals surface area contributed by atoms with E-state index in [1.54, 1.807) is 4.57 Å². The molecule has 1 aromatic rings.